The monoisotopic (exact) mass is 562 g/mol. The standard InChI is InChI=1S/C25H21FN3.C7H7NO.Co/c1-16-11-23-18(13-28-29(23)20-9-7-19(26)8-10-20)12-21(16)25-15-27-14-22(25)24(25)17-5-3-2-4-6-17;1-6-5-7(9-2)3-4-8-6;/h2-13,22,24H,14-15H2,1H3;1,3-5H,2H3;/q-1;;/t22-,24-,25+;;/m1../s1. The Morgan fingerprint density at radius 1 is 1.08 bits per heavy atom. The number of piperidine rings is 1. The van der Waals surface area contributed by atoms with Crippen LogP contribution in [0.15, 0.2) is 91.3 Å². The van der Waals surface area contributed by atoms with Gasteiger partial charge in [-0.2, -0.15) is 5.10 Å². The summed E-state index contributed by atoms with van der Waals surface area (Å²) in [5, 5.41) is 10.5. The van der Waals surface area contributed by atoms with Crippen LogP contribution in [0, 0.1) is 18.7 Å². The summed E-state index contributed by atoms with van der Waals surface area (Å²) >= 11 is 4.00. The number of benzene rings is 3. The normalized spacial score (nSPS) is 21.1. The van der Waals surface area contributed by atoms with Gasteiger partial charge >= 0.3 is 66.9 Å². The van der Waals surface area contributed by atoms with Gasteiger partial charge in [0.2, 0.25) is 0 Å². The van der Waals surface area contributed by atoms with Gasteiger partial charge in [0.05, 0.1) is 17.4 Å². The van der Waals surface area contributed by atoms with Crippen molar-refractivity contribution in [3.63, 3.8) is 0 Å². The van der Waals surface area contributed by atoms with Gasteiger partial charge in [0, 0.05) is 5.39 Å². The third-order valence-corrected chi connectivity index (χ3v) is 8.25. The van der Waals surface area contributed by atoms with Crippen LogP contribution in [-0.4, -0.2) is 39.9 Å². The first kappa shape index (κ1) is 25.6. The van der Waals surface area contributed by atoms with Crippen molar-refractivity contribution in [1.82, 2.24) is 14.8 Å². The van der Waals surface area contributed by atoms with Crippen LogP contribution in [0.4, 0.5) is 4.39 Å². The molecule has 5 nitrogen and oxygen atoms in total. The molecule has 7 rings (SSSR count). The Kier molecular flexibility index (Phi) is 6.89. The van der Waals surface area contributed by atoms with Crippen LogP contribution in [0.3, 0.4) is 0 Å². The molecule has 0 amide bonds. The van der Waals surface area contributed by atoms with E-state index in [4.69, 9.17) is 10.1 Å². The summed E-state index contributed by atoms with van der Waals surface area (Å²) in [5.74, 6) is 1.70. The van der Waals surface area contributed by atoms with E-state index in [9.17, 15) is 4.39 Å². The summed E-state index contributed by atoms with van der Waals surface area (Å²) < 4.78 is 20.2. The van der Waals surface area contributed by atoms with Gasteiger partial charge < -0.3 is 5.32 Å². The number of hydrogen-bond donors (Lipinski definition) is 0. The second-order valence-electron chi connectivity index (χ2n) is 10.1. The van der Waals surface area contributed by atoms with Crippen molar-refractivity contribution >= 4 is 15.9 Å². The van der Waals surface area contributed by atoms with E-state index in [0.29, 0.717) is 11.8 Å². The Morgan fingerprint density at radius 3 is 2.62 bits per heavy atom. The van der Waals surface area contributed by atoms with Crippen molar-refractivity contribution in [2.24, 2.45) is 5.92 Å². The molecule has 1 saturated carbocycles. The largest absolute Gasteiger partial charge is 0.661 e. The molecule has 1 aliphatic heterocycles. The summed E-state index contributed by atoms with van der Waals surface area (Å²) in [5.41, 5.74) is 6.96. The molecule has 0 spiro atoms. The molecule has 0 unspecified atom stereocenters. The Morgan fingerprint density at radius 2 is 1.87 bits per heavy atom. The van der Waals surface area contributed by atoms with Gasteiger partial charge in [0.15, 0.2) is 0 Å². The molecule has 199 valence electrons. The van der Waals surface area contributed by atoms with Crippen molar-refractivity contribution in [3.8, 4) is 11.4 Å². The number of halogens is 1. The third kappa shape index (κ3) is 4.60. The van der Waals surface area contributed by atoms with Crippen LogP contribution in [0.25, 0.3) is 21.9 Å². The van der Waals surface area contributed by atoms with Gasteiger partial charge in [-0.3, -0.25) is 0 Å². The molecule has 2 aromatic heterocycles. The van der Waals surface area contributed by atoms with Crippen molar-refractivity contribution in [1.29, 1.82) is 0 Å². The molecule has 2 fully saturated rings. The van der Waals surface area contributed by atoms with Crippen LogP contribution in [-0.2, 0) is 20.7 Å². The fraction of sp³-hybridized carbons (Fsp3) is 0.219. The number of ether oxygens (including phenoxy) is 1. The number of fused-ring (bicyclic) bond motifs is 2. The van der Waals surface area contributed by atoms with E-state index < -0.39 is 0 Å². The minimum absolute atomic E-state index is 0.123. The molecule has 3 heterocycles. The summed E-state index contributed by atoms with van der Waals surface area (Å²) in [7, 11) is 1.62. The van der Waals surface area contributed by atoms with Gasteiger partial charge in [-0.25, -0.2) is 9.07 Å². The summed E-state index contributed by atoms with van der Waals surface area (Å²) in [6.07, 6.45) is 3.60. The van der Waals surface area contributed by atoms with Crippen LogP contribution in [0.1, 0.15) is 28.3 Å². The van der Waals surface area contributed by atoms with Gasteiger partial charge in [0.25, 0.3) is 0 Å². The fourth-order valence-electron chi connectivity index (χ4n) is 6.11. The molecule has 3 aromatic carbocycles. The van der Waals surface area contributed by atoms with E-state index in [1.807, 2.05) is 16.9 Å². The first-order chi connectivity index (χ1) is 19.0. The van der Waals surface area contributed by atoms with Crippen LogP contribution in [0.5, 0.6) is 5.75 Å². The number of methoxy groups -OCH3 is 1. The van der Waals surface area contributed by atoms with Gasteiger partial charge in [-0.05, 0) is 77.3 Å². The number of rotatable bonds is 5. The van der Waals surface area contributed by atoms with Gasteiger partial charge in [-0.15, -0.1) is 13.1 Å². The van der Waals surface area contributed by atoms with Crippen molar-refractivity contribution < 1.29 is 24.4 Å². The Bertz CT molecular complexity index is 1640. The molecule has 39 heavy (non-hydrogen) atoms. The number of aromatic nitrogens is 3. The van der Waals surface area contributed by atoms with Gasteiger partial charge in [0.1, 0.15) is 5.82 Å². The Balaban J connectivity index is 0.000000235. The first-order valence-corrected chi connectivity index (χ1v) is 13.5. The zero-order valence-corrected chi connectivity index (χ0v) is 22.8. The summed E-state index contributed by atoms with van der Waals surface area (Å²) in [6, 6.07) is 25.5. The van der Waals surface area contributed by atoms with Crippen molar-refractivity contribution in [3.05, 3.63) is 125 Å². The second kappa shape index (κ2) is 10.5. The quantitative estimate of drug-likeness (QED) is 0.253. The second-order valence-corrected chi connectivity index (χ2v) is 10.4. The first-order valence-electron chi connectivity index (χ1n) is 12.9. The molecule has 2 aliphatic rings. The fourth-order valence-corrected chi connectivity index (χ4v) is 6.27. The van der Waals surface area contributed by atoms with E-state index >= 15 is 0 Å². The molecular formula is C32H28CoFN4O-. The van der Waals surface area contributed by atoms with Crippen molar-refractivity contribution in [2.75, 3.05) is 20.2 Å². The zero-order valence-electron chi connectivity index (χ0n) is 21.7. The van der Waals surface area contributed by atoms with Crippen LogP contribution < -0.4 is 4.74 Å². The molecule has 0 bridgehead atoms. The SMILES string of the molecule is COc1ccnc([CH]=[Co])c1.Cc1cc2c(cnn2-c2ccc(F)cc2)cc1[C@@]12C[N-]C[C@@H]1[C@H]2c1ccccc1. The molecule has 1 saturated heterocycles. The summed E-state index contributed by atoms with van der Waals surface area (Å²) in [6.45, 7) is 4.04. The van der Waals surface area contributed by atoms with Crippen LogP contribution in [0.2, 0.25) is 0 Å². The molecule has 1 aliphatic carbocycles. The van der Waals surface area contributed by atoms with Crippen LogP contribution >= 0.6 is 0 Å². The predicted octanol–water partition coefficient (Wildman–Crippen LogP) is 6.30. The smallest absolute Gasteiger partial charge is 0.123 e. The van der Waals surface area contributed by atoms with E-state index in [2.05, 4.69) is 74.8 Å². The van der Waals surface area contributed by atoms with E-state index in [1.54, 1.807) is 36.5 Å². The number of aryl methyl sites for hydroxylation is 1. The average Bonchev–Trinajstić information content (AvgIpc) is 3.23. The maximum absolute atomic E-state index is 13.3. The maximum atomic E-state index is 13.3. The zero-order chi connectivity index (χ0) is 27.0. The average molecular weight is 563 g/mol. The predicted molar refractivity (Wildman–Crippen MR) is 149 cm³/mol. The van der Waals surface area contributed by atoms with E-state index in [0.717, 1.165) is 41.1 Å². The molecule has 0 radical (unpaired) electrons. The number of nitrogens with zero attached hydrogens (tertiary/aromatic N) is 4. The number of pyridine rings is 1. The Labute approximate surface area is 235 Å². The minimum atomic E-state index is -0.237. The van der Waals surface area contributed by atoms with Gasteiger partial charge in [-0.1, -0.05) is 30.3 Å². The van der Waals surface area contributed by atoms with Crippen molar-refractivity contribution in [2.45, 2.75) is 18.3 Å². The van der Waals surface area contributed by atoms with E-state index in [-0.39, 0.29) is 11.2 Å². The maximum Gasteiger partial charge on any atom is 0.123 e. The number of hydrogen-bond acceptors (Lipinski definition) is 3. The minimum Gasteiger partial charge on any atom is -0.661 e. The topological polar surface area (TPSA) is 54.0 Å². The van der Waals surface area contributed by atoms with E-state index in [1.165, 1.54) is 28.8 Å². The molecule has 3 atom stereocenters. The molecule has 0 N–H and O–H groups in total. The Hall–Kier alpha value is -3.65. The molecule has 5 aromatic rings. The molecule has 7 heteroatoms. The molecular weight excluding hydrogens is 534 g/mol. The third-order valence-electron chi connectivity index (χ3n) is 7.94. The summed E-state index contributed by atoms with van der Waals surface area (Å²) in [4.78, 5) is 5.61.